The summed E-state index contributed by atoms with van der Waals surface area (Å²) < 4.78 is 5.47. The summed E-state index contributed by atoms with van der Waals surface area (Å²) in [6.07, 6.45) is 4.05. The first-order valence-corrected chi connectivity index (χ1v) is 6.68. The van der Waals surface area contributed by atoms with Crippen molar-refractivity contribution in [1.82, 2.24) is 4.98 Å². The topological polar surface area (TPSA) is 51.0 Å². The van der Waals surface area contributed by atoms with Crippen molar-refractivity contribution in [3.8, 4) is 0 Å². The van der Waals surface area contributed by atoms with Crippen LogP contribution in [0.3, 0.4) is 0 Å². The summed E-state index contributed by atoms with van der Waals surface area (Å²) in [5, 5.41) is 1.98. The Labute approximate surface area is 111 Å². The van der Waals surface area contributed by atoms with Gasteiger partial charge in [0.15, 0.2) is 0 Å². The Bertz CT molecular complexity index is 558. The molecule has 2 aromatic rings. The molecule has 96 valence electrons. The molecule has 0 bridgehead atoms. The van der Waals surface area contributed by atoms with Crippen molar-refractivity contribution in [3.63, 3.8) is 0 Å². The summed E-state index contributed by atoms with van der Waals surface area (Å²) >= 11 is 6.02. The van der Waals surface area contributed by atoms with E-state index in [1.807, 2.05) is 12.1 Å². The average Bonchev–Trinajstić information content (AvgIpc) is 2.83. The van der Waals surface area contributed by atoms with Gasteiger partial charge in [-0.05, 0) is 30.5 Å². The lowest BCUT2D eigenvalue weighted by Gasteiger charge is -2.36. The number of ether oxygens (including phenoxy) is 1. The van der Waals surface area contributed by atoms with E-state index in [1.165, 1.54) is 10.9 Å². The molecular weight excluding hydrogens is 248 g/mol. The van der Waals surface area contributed by atoms with E-state index in [-0.39, 0.29) is 5.41 Å². The SMILES string of the molecule is NCC1(c2c[nH]c3cc(Cl)ccc23)CCOCC1. The average molecular weight is 265 g/mol. The molecule has 4 heteroatoms. The van der Waals surface area contributed by atoms with Crippen LogP contribution in [0.25, 0.3) is 10.9 Å². The van der Waals surface area contributed by atoms with Gasteiger partial charge in [0, 0.05) is 47.3 Å². The third kappa shape index (κ3) is 1.83. The van der Waals surface area contributed by atoms with E-state index in [0.717, 1.165) is 36.6 Å². The molecule has 1 aliphatic rings. The van der Waals surface area contributed by atoms with Gasteiger partial charge in [-0.3, -0.25) is 0 Å². The molecule has 18 heavy (non-hydrogen) atoms. The largest absolute Gasteiger partial charge is 0.381 e. The van der Waals surface area contributed by atoms with Crippen LogP contribution in [-0.2, 0) is 10.2 Å². The Morgan fingerprint density at radius 2 is 2.11 bits per heavy atom. The van der Waals surface area contributed by atoms with Crippen LogP contribution < -0.4 is 5.73 Å². The number of rotatable bonds is 2. The van der Waals surface area contributed by atoms with Crippen LogP contribution >= 0.6 is 11.6 Å². The second kappa shape index (κ2) is 4.57. The molecule has 0 radical (unpaired) electrons. The second-order valence-corrected chi connectivity index (χ2v) is 5.43. The summed E-state index contributed by atoms with van der Waals surface area (Å²) in [5.41, 5.74) is 8.49. The van der Waals surface area contributed by atoms with Crippen molar-refractivity contribution < 1.29 is 4.74 Å². The molecular formula is C14H17ClN2O. The molecule has 3 rings (SSSR count). The van der Waals surface area contributed by atoms with E-state index < -0.39 is 0 Å². The summed E-state index contributed by atoms with van der Waals surface area (Å²) in [5.74, 6) is 0. The molecule has 1 aromatic heterocycles. The minimum Gasteiger partial charge on any atom is -0.381 e. The lowest BCUT2D eigenvalue weighted by molar-refractivity contribution is 0.0534. The maximum atomic E-state index is 6.05. The highest BCUT2D eigenvalue weighted by atomic mass is 35.5. The van der Waals surface area contributed by atoms with E-state index in [0.29, 0.717) is 6.54 Å². The number of nitrogens with two attached hydrogens (primary N) is 1. The summed E-state index contributed by atoms with van der Waals surface area (Å²) in [7, 11) is 0. The van der Waals surface area contributed by atoms with E-state index >= 15 is 0 Å². The number of halogens is 1. The van der Waals surface area contributed by atoms with Crippen LogP contribution in [-0.4, -0.2) is 24.7 Å². The number of fused-ring (bicyclic) bond motifs is 1. The molecule has 1 aliphatic heterocycles. The highest BCUT2D eigenvalue weighted by Crippen LogP contribution is 2.38. The van der Waals surface area contributed by atoms with Crippen LogP contribution in [0.4, 0.5) is 0 Å². The van der Waals surface area contributed by atoms with Gasteiger partial charge in [-0.25, -0.2) is 0 Å². The molecule has 0 spiro atoms. The van der Waals surface area contributed by atoms with E-state index in [2.05, 4.69) is 17.2 Å². The third-order valence-electron chi connectivity index (χ3n) is 4.06. The first-order valence-electron chi connectivity index (χ1n) is 6.30. The fourth-order valence-corrected chi connectivity index (χ4v) is 3.05. The van der Waals surface area contributed by atoms with Crippen molar-refractivity contribution in [2.24, 2.45) is 5.73 Å². The maximum Gasteiger partial charge on any atom is 0.0475 e. The van der Waals surface area contributed by atoms with Crippen molar-refractivity contribution in [2.45, 2.75) is 18.3 Å². The van der Waals surface area contributed by atoms with Crippen LogP contribution in [0, 0.1) is 0 Å². The quantitative estimate of drug-likeness (QED) is 0.876. The highest BCUT2D eigenvalue weighted by Gasteiger charge is 2.34. The molecule has 3 nitrogen and oxygen atoms in total. The molecule has 1 aromatic carbocycles. The minimum atomic E-state index is 0.0460. The zero-order chi connectivity index (χ0) is 12.6. The second-order valence-electron chi connectivity index (χ2n) is 4.99. The van der Waals surface area contributed by atoms with Crippen molar-refractivity contribution in [3.05, 3.63) is 35.0 Å². The van der Waals surface area contributed by atoms with Gasteiger partial charge in [0.1, 0.15) is 0 Å². The van der Waals surface area contributed by atoms with Gasteiger partial charge >= 0.3 is 0 Å². The normalized spacial score (nSPS) is 19.2. The van der Waals surface area contributed by atoms with E-state index in [4.69, 9.17) is 22.1 Å². The lowest BCUT2D eigenvalue weighted by atomic mass is 9.74. The van der Waals surface area contributed by atoms with Crippen molar-refractivity contribution in [2.75, 3.05) is 19.8 Å². The predicted octanol–water partition coefficient (Wildman–Crippen LogP) is 2.83. The van der Waals surface area contributed by atoms with E-state index in [9.17, 15) is 0 Å². The summed E-state index contributed by atoms with van der Waals surface area (Å²) in [6, 6.07) is 5.98. The number of hydrogen-bond donors (Lipinski definition) is 2. The van der Waals surface area contributed by atoms with Gasteiger partial charge in [0.2, 0.25) is 0 Å². The molecule has 1 saturated heterocycles. The van der Waals surface area contributed by atoms with E-state index in [1.54, 1.807) is 0 Å². The smallest absolute Gasteiger partial charge is 0.0475 e. The zero-order valence-corrected chi connectivity index (χ0v) is 11.0. The summed E-state index contributed by atoms with van der Waals surface area (Å²) in [6.45, 7) is 2.24. The Kier molecular flexibility index (Phi) is 3.06. The Morgan fingerprint density at radius 1 is 1.33 bits per heavy atom. The Hall–Kier alpha value is -1.03. The molecule has 3 N–H and O–H groups in total. The van der Waals surface area contributed by atoms with Gasteiger partial charge in [-0.2, -0.15) is 0 Å². The third-order valence-corrected chi connectivity index (χ3v) is 4.29. The number of aromatic nitrogens is 1. The summed E-state index contributed by atoms with van der Waals surface area (Å²) in [4.78, 5) is 3.30. The van der Waals surface area contributed by atoms with Gasteiger partial charge in [-0.1, -0.05) is 17.7 Å². The Morgan fingerprint density at radius 3 is 2.83 bits per heavy atom. The van der Waals surface area contributed by atoms with Crippen LogP contribution in [0.1, 0.15) is 18.4 Å². The van der Waals surface area contributed by atoms with Crippen LogP contribution in [0.5, 0.6) is 0 Å². The minimum absolute atomic E-state index is 0.0460. The number of hydrogen-bond acceptors (Lipinski definition) is 2. The monoisotopic (exact) mass is 264 g/mol. The van der Waals surface area contributed by atoms with Gasteiger partial charge in [-0.15, -0.1) is 0 Å². The fraction of sp³-hybridized carbons (Fsp3) is 0.429. The number of nitrogens with one attached hydrogen (secondary N) is 1. The Balaban J connectivity index is 2.12. The lowest BCUT2D eigenvalue weighted by Crippen LogP contribution is -2.40. The van der Waals surface area contributed by atoms with Gasteiger partial charge in [0.25, 0.3) is 0 Å². The number of aromatic amines is 1. The predicted molar refractivity (Wildman–Crippen MR) is 74.1 cm³/mol. The van der Waals surface area contributed by atoms with Crippen molar-refractivity contribution >= 4 is 22.5 Å². The van der Waals surface area contributed by atoms with Crippen LogP contribution in [0.15, 0.2) is 24.4 Å². The number of H-pyrrole nitrogens is 1. The van der Waals surface area contributed by atoms with Gasteiger partial charge < -0.3 is 15.5 Å². The zero-order valence-electron chi connectivity index (χ0n) is 10.2. The standard InChI is InChI=1S/C14H17ClN2O/c15-10-1-2-11-12(8-17-13(11)7-10)14(9-16)3-5-18-6-4-14/h1-2,7-8,17H,3-6,9,16H2. The molecule has 0 atom stereocenters. The molecule has 1 fully saturated rings. The first kappa shape index (κ1) is 12.0. The van der Waals surface area contributed by atoms with Crippen molar-refractivity contribution in [1.29, 1.82) is 0 Å². The molecule has 0 aliphatic carbocycles. The fourth-order valence-electron chi connectivity index (χ4n) is 2.88. The number of benzene rings is 1. The maximum absolute atomic E-state index is 6.05. The highest BCUT2D eigenvalue weighted by molar-refractivity contribution is 6.31. The van der Waals surface area contributed by atoms with Gasteiger partial charge in [0.05, 0.1) is 0 Å². The molecule has 0 saturated carbocycles. The molecule has 2 heterocycles. The van der Waals surface area contributed by atoms with Crippen LogP contribution in [0.2, 0.25) is 5.02 Å². The molecule has 0 amide bonds. The molecule has 0 unspecified atom stereocenters. The first-order chi connectivity index (χ1) is 8.75.